The monoisotopic (exact) mass is 274 g/mol. The number of aliphatic hydroxyl groups is 1. The van der Waals surface area contributed by atoms with E-state index >= 15 is 0 Å². The highest BCUT2D eigenvalue weighted by Gasteiger charge is 2.20. The minimum Gasteiger partial charge on any atom is -0.393 e. The molecule has 3 N–H and O–H groups in total. The number of aliphatic hydroxyl groups excluding tert-OH is 1. The molecule has 7 heteroatoms. The van der Waals surface area contributed by atoms with Crippen LogP contribution in [0.2, 0.25) is 0 Å². The Kier molecular flexibility index (Phi) is 5.35. The maximum absolute atomic E-state index is 10.3. The molecule has 1 heterocycles. The molecule has 0 spiro atoms. The summed E-state index contributed by atoms with van der Waals surface area (Å²) in [5.41, 5.74) is 0.351. The lowest BCUT2D eigenvalue weighted by Gasteiger charge is -2.27. The van der Waals surface area contributed by atoms with Gasteiger partial charge in [0.2, 0.25) is 0 Å². The van der Waals surface area contributed by atoms with E-state index in [0.717, 1.165) is 32.0 Å². The molecule has 0 unspecified atom stereocenters. The van der Waals surface area contributed by atoms with E-state index in [1.807, 2.05) is 0 Å². The predicted molar refractivity (Wildman–Crippen MR) is 78.5 cm³/mol. The van der Waals surface area contributed by atoms with Crippen LogP contribution < -0.4 is 16.2 Å². The summed E-state index contributed by atoms with van der Waals surface area (Å²) in [7, 11) is 5.67. The van der Waals surface area contributed by atoms with Crippen LogP contribution in [0.15, 0.2) is 6.20 Å². The quantitative estimate of drug-likeness (QED) is 0.384. The Labute approximate surface area is 119 Å². The zero-order chi connectivity index (χ0) is 14.4. The summed E-state index contributed by atoms with van der Waals surface area (Å²) >= 11 is 0. The molecule has 1 aliphatic carbocycles. The average molecular weight is 274 g/mol. The van der Waals surface area contributed by atoms with E-state index in [9.17, 15) is 9.90 Å². The Bertz CT molecular complexity index is 450. The summed E-state index contributed by atoms with van der Waals surface area (Å²) in [6, 6.07) is 0.265. The molecule has 0 bridgehead atoms. The number of carbonyl (C=O) groups is 1. The van der Waals surface area contributed by atoms with Gasteiger partial charge in [-0.05, 0) is 25.7 Å². The fourth-order valence-electron chi connectivity index (χ4n) is 2.30. The lowest BCUT2D eigenvalue weighted by molar-refractivity contribution is -0.107. The molecule has 1 aromatic heterocycles. The molecule has 6 nitrogen and oxygen atoms in total. The van der Waals surface area contributed by atoms with Crippen LogP contribution in [0.4, 0.5) is 11.6 Å². The second kappa shape index (κ2) is 7.24. The number of aromatic nitrogens is 2. The summed E-state index contributed by atoms with van der Waals surface area (Å²) in [5.74, 6) is 1.21. The Hall–Kier alpha value is -1.63. The minimum absolute atomic E-state index is 0.190. The third kappa shape index (κ3) is 4.20. The van der Waals surface area contributed by atoms with Gasteiger partial charge in [0.1, 0.15) is 14.1 Å². The number of carbonyl (C=O) groups excluding carboxylic acids is 1. The van der Waals surface area contributed by atoms with Gasteiger partial charge >= 0.3 is 0 Å². The molecule has 2 radical (unpaired) electrons. The van der Waals surface area contributed by atoms with Crippen molar-refractivity contribution in [2.45, 2.75) is 44.2 Å². The van der Waals surface area contributed by atoms with Crippen LogP contribution in [0.5, 0.6) is 0 Å². The summed E-state index contributed by atoms with van der Waals surface area (Å²) in [6.07, 6.45) is 5.94. The van der Waals surface area contributed by atoms with Crippen LogP contribution in [0.3, 0.4) is 0 Å². The van der Waals surface area contributed by atoms with Gasteiger partial charge in [-0.3, -0.25) is 0 Å². The maximum Gasteiger partial charge on any atom is 0.169 e. The molecule has 1 aromatic rings. The third-order valence-corrected chi connectivity index (χ3v) is 3.38. The predicted octanol–water partition coefficient (Wildman–Crippen LogP) is -0.0133. The molecule has 0 aromatic carbocycles. The molecule has 0 amide bonds. The molecule has 1 fully saturated rings. The Balaban J connectivity index is 2.00. The second-order valence-corrected chi connectivity index (χ2v) is 5.02. The normalized spacial score (nSPS) is 22.2. The average Bonchev–Trinajstić information content (AvgIpc) is 2.44. The van der Waals surface area contributed by atoms with Crippen LogP contribution in [-0.2, 0) is 4.79 Å². The van der Waals surface area contributed by atoms with Crippen molar-refractivity contribution >= 4 is 31.4 Å². The summed E-state index contributed by atoms with van der Waals surface area (Å²) in [4.78, 5) is 18.8. The van der Waals surface area contributed by atoms with E-state index in [1.54, 1.807) is 0 Å². The number of nitrogens with zero attached hydrogens (tertiary/aromatic N) is 2. The van der Waals surface area contributed by atoms with Gasteiger partial charge in [0.25, 0.3) is 0 Å². The molecular formula is C13H19BN4O2. The highest BCUT2D eigenvalue weighted by Crippen LogP contribution is 2.23. The standard InChI is InChI=1S/C13H19BN4O2/c14-11-8-16-12(15-6-1-7-19)13(18-11)17-9-2-4-10(20)5-3-9/h7-10,20H,1-6H2,(H,15,16)(H,17,18). The molecule has 106 valence electrons. The molecule has 20 heavy (non-hydrogen) atoms. The van der Waals surface area contributed by atoms with Gasteiger partial charge in [-0.1, -0.05) is 0 Å². The molecule has 0 saturated heterocycles. The van der Waals surface area contributed by atoms with Crippen LogP contribution >= 0.6 is 0 Å². The largest absolute Gasteiger partial charge is 0.393 e. The van der Waals surface area contributed by atoms with Crippen LogP contribution in [0.25, 0.3) is 0 Å². The van der Waals surface area contributed by atoms with Gasteiger partial charge in [0.15, 0.2) is 11.6 Å². The van der Waals surface area contributed by atoms with Crippen LogP contribution in [0.1, 0.15) is 32.1 Å². The second-order valence-electron chi connectivity index (χ2n) is 5.02. The van der Waals surface area contributed by atoms with Gasteiger partial charge in [-0.15, -0.1) is 0 Å². The van der Waals surface area contributed by atoms with E-state index in [1.165, 1.54) is 6.20 Å². The zero-order valence-corrected chi connectivity index (χ0v) is 11.4. The van der Waals surface area contributed by atoms with Crippen LogP contribution in [0, 0.1) is 0 Å². The fraction of sp³-hybridized carbons (Fsp3) is 0.615. The van der Waals surface area contributed by atoms with Gasteiger partial charge in [0.05, 0.1) is 6.10 Å². The lowest BCUT2D eigenvalue weighted by Crippen LogP contribution is -2.30. The number of rotatable bonds is 6. The Morgan fingerprint density at radius 3 is 2.80 bits per heavy atom. The molecule has 2 rings (SSSR count). The Morgan fingerprint density at radius 1 is 1.35 bits per heavy atom. The topological polar surface area (TPSA) is 87.1 Å². The SMILES string of the molecule is [B]c1cnc(NCCC=O)c(NC2CCC(O)CC2)n1. The molecule has 0 aliphatic heterocycles. The van der Waals surface area contributed by atoms with E-state index < -0.39 is 0 Å². The van der Waals surface area contributed by atoms with Gasteiger partial charge < -0.3 is 20.5 Å². The molecule has 1 saturated carbocycles. The smallest absolute Gasteiger partial charge is 0.169 e. The number of nitrogens with one attached hydrogen (secondary N) is 2. The van der Waals surface area contributed by atoms with Crippen molar-refractivity contribution in [3.63, 3.8) is 0 Å². The highest BCUT2D eigenvalue weighted by atomic mass is 16.3. The van der Waals surface area contributed by atoms with Gasteiger partial charge in [-0.2, -0.15) is 0 Å². The van der Waals surface area contributed by atoms with Crippen molar-refractivity contribution in [2.75, 3.05) is 17.2 Å². The first kappa shape index (κ1) is 14.8. The van der Waals surface area contributed by atoms with Crippen molar-refractivity contribution < 1.29 is 9.90 Å². The highest BCUT2D eigenvalue weighted by molar-refractivity contribution is 6.30. The lowest BCUT2D eigenvalue weighted by atomic mass is 9.93. The third-order valence-electron chi connectivity index (χ3n) is 3.38. The first-order valence-corrected chi connectivity index (χ1v) is 6.93. The van der Waals surface area contributed by atoms with Crippen LogP contribution in [-0.4, -0.2) is 47.9 Å². The van der Waals surface area contributed by atoms with E-state index in [0.29, 0.717) is 30.2 Å². The van der Waals surface area contributed by atoms with E-state index in [4.69, 9.17) is 7.85 Å². The fourth-order valence-corrected chi connectivity index (χ4v) is 2.30. The van der Waals surface area contributed by atoms with E-state index in [-0.39, 0.29) is 12.1 Å². The van der Waals surface area contributed by atoms with Gasteiger partial charge in [0, 0.05) is 30.8 Å². The van der Waals surface area contributed by atoms with E-state index in [2.05, 4.69) is 20.6 Å². The number of hydrogen-bond acceptors (Lipinski definition) is 6. The van der Waals surface area contributed by atoms with Crippen molar-refractivity contribution in [1.29, 1.82) is 0 Å². The molecule has 1 aliphatic rings. The minimum atomic E-state index is -0.190. The molecule has 0 atom stereocenters. The van der Waals surface area contributed by atoms with Crippen molar-refractivity contribution in [1.82, 2.24) is 9.97 Å². The molecular weight excluding hydrogens is 255 g/mol. The summed E-state index contributed by atoms with van der Waals surface area (Å²) in [5, 5.41) is 15.9. The summed E-state index contributed by atoms with van der Waals surface area (Å²) < 4.78 is 0. The first-order valence-electron chi connectivity index (χ1n) is 6.93. The first-order chi connectivity index (χ1) is 9.69. The number of aldehydes is 1. The number of hydrogen-bond donors (Lipinski definition) is 3. The zero-order valence-electron chi connectivity index (χ0n) is 11.4. The van der Waals surface area contributed by atoms with Gasteiger partial charge in [-0.25, -0.2) is 9.97 Å². The summed E-state index contributed by atoms with van der Waals surface area (Å²) in [6.45, 7) is 0.514. The van der Waals surface area contributed by atoms with Crippen molar-refractivity contribution in [3.05, 3.63) is 6.20 Å². The maximum atomic E-state index is 10.3. The van der Waals surface area contributed by atoms with Crippen molar-refractivity contribution in [2.24, 2.45) is 0 Å². The van der Waals surface area contributed by atoms with Crippen molar-refractivity contribution in [3.8, 4) is 0 Å². The Morgan fingerprint density at radius 2 is 2.10 bits per heavy atom. The number of anilines is 2.